The van der Waals surface area contributed by atoms with Gasteiger partial charge in [0.05, 0.1) is 5.69 Å². The largest absolute Gasteiger partial charge is 0.388 e. The van der Waals surface area contributed by atoms with Crippen LogP contribution >= 0.6 is 0 Å². The molecule has 0 aliphatic heterocycles. The van der Waals surface area contributed by atoms with Gasteiger partial charge in [-0.2, -0.15) is 0 Å². The van der Waals surface area contributed by atoms with E-state index in [0.717, 1.165) is 17.3 Å². The van der Waals surface area contributed by atoms with Crippen LogP contribution in [0.25, 0.3) is 11.3 Å². The van der Waals surface area contributed by atoms with E-state index in [-0.39, 0.29) is 0 Å². The van der Waals surface area contributed by atoms with E-state index in [1.807, 2.05) is 19.3 Å². The minimum atomic E-state index is 0.737. The minimum absolute atomic E-state index is 0.737. The summed E-state index contributed by atoms with van der Waals surface area (Å²) in [4.78, 5) is 4.52. The smallest absolute Gasteiger partial charge is 0.0725 e. The van der Waals surface area contributed by atoms with E-state index in [0.29, 0.717) is 0 Å². The maximum Gasteiger partial charge on any atom is 0.0725 e. The molecular weight excluding hydrogens is 220 g/mol. The summed E-state index contributed by atoms with van der Waals surface area (Å²) >= 11 is 0. The Hall–Kier alpha value is -1.83. The fraction of sp³-hybridized carbons (Fsp3) is 0.312. The molecule has 1 saturated carbocycles. The average molecular weight is 238 g/mol. The number of hydrogen-bond donors (Lipinski definition) is 1. The first-order valence-corrected chi connectivity index (χ1v) is 6.61. The number of aromatic nitrogens is 1. The fourth-order valence-corrected chi connectivity index (χ4v) is 2.54. The third-order valence-electron chi connectivity index (χ3n) is 3.83. The van der Waals surface area contributed by atoms with Gasteiger partial charge in [0.1, 0.15) is 0 Å². The van der Waals surface area contributed by atoms with Gasteiger partial charge in [-0.05, 0) is 36.5 Å². The van der Waals surface area contributed by atoms with Gasteiger partial charge < -0.3 is 5.32 Å². The molecule has 1 heterocycles. The van der Waals surface area contributed by atoms with E-state index in [9.17, 15) is 0 Å². The summed E-state index contributed by atoms with van der Waals surface area (Å²) in [6.45, 7) is 0. The van der Waals surface area contributed by atoms with Crippen LogP contribution in [0, 0.1) is 0 Å². The van der Waals surface area contributed by atoms with E-state index >= 15 is 0 Å². The van der Waals surface area contributed by atoms with Gasteiger partial charge in [0.25, 0.3) is 0 Å². The van der Waals surface area contributed by atoms with Crippen molar-refractivity contribution in [2.24, 2.45) is 0 Å². The molecule has 1 fully saturated rings. The summed E-state index contributed by atoms with van der Waals surface area (Å²) in [7, 11) is 1.94. The average Bonchev–Trinajstić information content (AvgIpc) is 2.37. The number of rotatable bonds is 3. The normalized spacial score (nSPS) is 15.2. The Morgan fingerprint density at radius 3 is 2.72 bits per heavy atom. The lowest BCUT2D eigenvalue weighted by Crippen LogP contribution is -2.10. The molecule has 2 nitrogen and oxygen atoms in total. The summed E-state index contributed by atoms with van der Waals surface area (Å²) in [6, 6.07) is 12.8. The SMILES string of the molecule is CNc1ccnc(-c2ccccc2C2CCC2)c1. The van der Waals surface area contributed by atoms with Gasteiger partial charge >= 0.3 is 0 Å². The Bertz CT molecular complexity index is 544. The van der Waals surface area contributed by atoms with Gasteiger partial charge in [-0.1, -0.05) is 30.7 Å². The maximum atomic E-state index is 4.52. The van der Waals surface area contributed by atoms with Gasteiger partial charge in [-0.3, -0.25) is 4.98 Å². The van der Waals surface area contributed by atoms with E-state index < -0.39 is 0 Å². The van der Waals surface area contributed by atoms with Crippen molar-refractivity contribution < 1.29 is 0 Å². The monoisotopic (exact) mass is 238 g/mol. The fourth-order valence-electron chi connectivity index (χ4n) is 2.54. The molecule has 0 atom stereocenters. The number of hydrogen-bond acceptors (Lipinski definition) is 2. The zero-order valence-electron chi connectivity index (χ0n) is 10.7. The van der Waals surface area contributed by atoms with Crippen LogP contribution in [-0.4, -0.2) is 12.0 Å². The predicted molar refractivity (Wildman–Crippen MR) is 75.8 cm³/mol. The number of anilines is 1. The molecule has 0 spiro atoms. The van der Waals surface area contributed by atoms with Crippen molar-refractivity contribution in [3.05, 3.63) is 48.2 Å². The Balaban J connectivity index is 2.04. The van der Waals surface area contributed by atoms with E-state index in [1.165, 1.54) is 30.4 Å². The van der Waals surface area contributed by atoms with Gasteiger partial charge in [0, 0.05) is 24.5 Å². The second kappa shape index (κ2) is 4.81. The van der Waals surface area contributed by atoms with Gasteiger partial charge in [0.2, 0.25) is 0 Å². The molecule has 92 valence electrons. The van der Waals surface area contributed by atoms with Crippen LogP contribution in [0.2, 0.25) is 0 Å². The van der Waals surface area contributed by atoms with Crippen LogP contribution < -0.4 is 5.32 Å². The van der Waals surface area contributed by atoms with Crippen molar-refractivity contribution in [2.75, 3.05) is 12.4 Å². The Morgan fingerprint density at radius 1 is 1.17 bits per heavy atom. The first-order valence-electron chi connectivity index (χ1n) is 6.61. The van der Waals surface area contributed by atoms with Gasteiger partial charge in [-0.15, -0.1) is 0 Å². The molecule has 1 aromatic heterocycles. The van der Waals surface area contributed by atoms with Gasteiger partial charge in [0.15, 0.2) is 0 Å². The topological polar surface area (TPSA) is 24.9 Å². The molecule has 1 aliphatic carbocycles. The van der Waals surface area contributed by atoms with Crippen LogP contribution in [0.1, 0.15) is 30.7 Å². The zero-order valence-corrected chi connectivity index (χ0v) is 10.7. The van der Waals surface area contributed by atoms with Crippen LogP contribution in [0.3, 0.4) is 0 Å². The number of benzene rings is 1. The second-order valence-corrected chi connectivity index (χ2v) is 4.89. The lowest BCUT2D eigenvalue weighted by Gasteiger charge is -2.27. The maximum absolute atomic E-state index is 4.52. The highest BCUT2D eigenvalue weighted by Gasteiger charge is 2.22. The van der Waals surface area contributed by atoms with Crippen LogP contribution in [0.15, 0.2) is 42.6 Å². The highest BCUT2D eigenvalue weighted by molar-refractivity contribution is 5.68. The van der Waals surface area contributed by atoms with Crippen LogP contribution in [0.5, 0.6) is 0 Å². The lowest BCUT2D eigenvalue weighted by atomic mass is 9.78. The predicted octanol–water partition coefficient (Wildman–Crippen LogP) is 4.06. The van der Waals surface area contributed by atoms with E-state index in [4.69, 9.17) is 0 Å². The number of nitrogens with one attached hydrogen (secondary N) is 1. The summed E-state index contributed by atoms with van der Waals surface area (Å²) in [5.74, 6) is 0.737. The molecule has 0 unspecified atom stereocenters. The summed E-state index contributed by atoms with van der Waals surface area (Å²) in [5.41, 5.74) is 4.94. The summed E-state index contributed by atoms with van der Waals surface area (Å²) in [5, 5.41) is 3.17. The molecule has 18 heavy (non-hydrogen) atoms. The molecule has 2 aromatic rings. The Kier molecular flexibility index (Phi) is 3.01. The van der Waals surface area contributed by atoms with Crippen molar-refractivity contribution in [2.45, 2.75) is 25.2 Å². The second-order valence-electron chi connectivity index (χ2n) is 4.89. The lowest BCUT2D eigenvalue weighted by molar-refractivity contribution is 0.420. The van der Waals surface area contributed by atoms with Crippen LogP contribution in [0.4, 0.5) is 5.69 Å². The first kappa shape index (κ1) is 11.3. The van der Waals surface area contributed by atoms with Crippen molar-refractivity contribution in [3.63, 3.8) is 0 Å². The molecule has 0 bridgehead atoms. The molecule has 1 aromatic carbocycles. The van der Waals surface area contributed by atoms with Crippen LogP contribution in [-0.2, 0) is 0 Å². The molecule has 0 radical (unpaired) electrons. The molecule has 2 heteroatoms. The minimum Gasteiger partial charge on any atom is -0.388 e. The van der Waals surface area contributed by atoms with Crippen molar-refractivity contribution in [1.82, 2.24) is 4.98 Å². The Morgan fingerprint density at radius 2 is 2.00 bits per heavy atom. The highest BCUT2D eigenvalue weighted by atomic mass is 14.8. The van der Waals surface area contributed by atoms with E-state index in [2.05, 4.69) is 40.6 Å². The first-order chi connectivity index (χ1) is 8.88. The van der Waals surface area contributed by atoms with E-state index in [1.54, 1.807) is 0 Å². The molecule has 1 aliphatic rings. The standard InChI is InChI=1S/C16H18N2/c1-17-13-9-10-18-16(11-13)15-8-3-2-7-14(15)12-5-4-6-12/h2-3,7-12H,4-6H2,1H3,(H,17,18). The summed E-state index contributed by atoms with van der Waals surface area (Å²) < 4.78 is 0. The van der Waals surface area contributed by atoms with Crippen molar-refractivity contribution in [1.29, 1.82) is 0 Å². The highest BCUT2D eigenvalue weighted by Crippen LogP contribution is 2.40. The van der Waals surface area contributed by atoms with Gasteiger partial charge in [-0.25, -0.2) is 0 Å². The Labute approximate surface area is 108 Å². The quantitative estimate of drug-likeness (QED) is 0.872. The third kappa shape index (κ3) is 1.99. The summed E-state index contributed by atoms with van der Waals surface area (Å²) in [6.07, 6.45) is 5.88. The number of pyridine rings is 1. The van der Waals surface area contributed by atoms with Crippen molar-refractivity contribution in [3.8, 4) is 11.3 Å². The molecule has 0 saturated heterocycles. The number of nitrogens with zero attached hydrogens (tertiary/aromatic N) is 1. The third-order valence-corrected chi connectivity index (χ3v) is 3.83. The zero-order chi connectivity index (χ0) is 12.4. The molecular formula is C16H18N2. The molecule has 3 rings (SSSR count). The molecule has 1 N–H and O–H groups in total. The van der Waals surface area contributed by atoms with Crippen molar-refractivity contribution >= 4 is 5.69 Å². The molecule has 0 amide bonds.